The van der Waals surface area contributed by atoms with Crippen LogP contribution in [0.25, 0.3) is 0 Å². The van der Waals surface area contributed by atoms with Crippen molar-refractivity contribution < 1.29 is 9.53 Å². The fraction of sp³-hybridized carbons (Fsp3) is 0.417. The molecule has 0 amide bonds. The molecule has 1 aliphatic heterocycles. The summed E-state index contributed by atoms with van der Waals surface area (Å²) >= 11 is 0. The van der Waals surface area contributed by atoms with Crippen molar-refractivity contribution >= 4 is 12.0 Å². The van der Waals surface area contributed by atoms with Crippen LogP contribution in [0.1, 0.15) is 0 Å². The molecular formula is C12H16N2O2. The SMILES string of the molecule is COc1cccc(N2CCNCC2C=O)c1. The normalized spacial score (nSPS) is 20.6. The Labute approximate surface area is 95.2 Å². The number of carbonyl (C=O) groups is 1. The number of piperazine rings is 1. The van der Waals surface area contributed by atoms with Gasteiger partial charge in [0.1, 0.15) is 12.0 Å². The van der Waals surface area contributed by atoms with E-state index in [0.29, 0.717) is 6.54 Å². The number of anilines is 1. The van der Waals surface area contributed by atoms with Gasteiger partial charge in [0.15, 0.2) is 0 Å². The lowest BCUT2D eigenvalue weighted by atomic mass is 10.1. The van der Waals surface area contributed by atoms with Crippen molar-refractivity contribution in [2.24, 2.45) is 0 Å². The summed E-state index contributed by atoms with van der Waals surface area (Å²) in [6, 6.07) is 7.73. The van der Waals surface area contributed by atoms with Crippen molar-refractivity contribution in [3.63, 3.8) is 0 Å². The summed E-state index contributed by atoms with van der Waals surface area (Å²) in [4.78, 5) is 13.1. The third kappa shape index (κ3) is 2.17. The molecule has 1 atom stereocenters. The molecular weight excluding hydrogens is 204 g/mol. The number of carbonyl (C=O) groups excluding carboxylic acids is 1. The predicted molar refractivity (Wildman–Crippen MR) is 63.1 cm³/mol. The highest BCUT2D eigenvalue weighted by Gasteiger charge is 2.21. The first-order chi connectivity index (χ1) is 7.85. The number of nitrogens with one attached hydrogen (secondary N) is 1. The second-order valence-corrected chi connectivity index (χ2v) is 3.80. The minimum absolute atomic E-state index is 0.0825. The Morgan fingerprint density at radius 1 is 1.56 bits per heavy atom. The van der Waals surface area contributed by atoms with E-state index in [1.54, 1.807) is 7.11 Å². The standard InChI is InChI=1S/C12H16N2O2/c1-16-12-4-2-3-10(7-12)14-6-5-13-8-11(14)9-15/h2-4,7,9,11,13H,5-6,8H2,1H3. The van der Waals surface area contributed by atoms with E-state index in [2.05, 4.69) is 10.2 Å². The van der Waals surface area contributed by atoms with E-state index < -0.39 is 0 Å². The molecule has 0 spiro atoms. The van der Waals surface area contributed by atoms with Gasteiger partial charge in [0.2, 0.25) is 0 Å². The molecule has 1 N–H and O–H groups in total. The van der Waals surface area contributed by atoms with Crippen LogP contribution in [-0.4, -0.2) is 39.1 Å². The number of aldehydes is 1. The van der Waals surface area contributed by atoms with E-state index in [-0.39, 0.29) is 6.04 Å². The van der Waals surface area contributed by atoms with E-state index >= 15 is 0 Å². The first-order valence-corrected chi connectivity index (χ1v) is 5.42. The second-order valence-electron chi connectivity index (χ2n) is 3.80. The molecule has 2 rings (SSSR count). The third-order valence-electron chi connectivity index (χ3n) is 2.83. The zero-order chi connectivity index (χ0) is 11.4. The van der Waals surface area contributed by atoms with Crippen LogP contribution in [0.5, 0.6) is 5.75 Å². The van der Waals surface area contributed by atoms with Crippen LogP contribution in [0.15, 0.2) is 24.3 Å². The number of rotatable bonds is 3. The maximum atomic E-state index is 11.0. The van der Waals surface area contributed by atoms with Crippen molar-refractivity contribution in [2.45, 2.75) is 6.04 Å². The summed E-state index contributed by atoms with van der Waals surface area (Å²) < 4.78 is 5.18. The molecule has 1 heterocycles. The van der Waals surface area contributed by atoms with Gasteiger partial charge in [-0.05, 0) is 12.1 Å². The Bertz CT molecular complexity index is 368. The third-order valence-corrected chi connectivity index (χ3v) is 2.83. The van der Waals surface area contributed by atoms with E-state index in [1.807, 2.05) is 24.3 Å². The summed E-state index contributed by atoms with van der Waals surface area (Å²) in [5.74, 6) is 0.820. The number of hydrogen-bond donors (Lipinski definition) is 1. The molecule has 16 heavy (non-hydrogen) atoms. The van der Waals surface area contributed by atoms with Gasteiger partial charge in [-0.25, -0.2) is 0 Å². The molecule has 0 radical (unpaired) electrons. The van der Waals surface area contributed by atoms with Crippen molar-refractivity contribution in [3.8, 4) is 5.75 Å². The van der Waals surface area contributed by atoms with Gasteiger partial charge in [-0.15, -0.1) is 0 Å². The van der Waals surface area contributed by atoms with Crippen LogP contribution >= 0.6 is 0 Å². The zero-order valence-corrected chi connectivity index (χ0v) is 9.35. The molecule has 0 saturated carbocycles. The molecule has 1 aliphatic rings. The monoisotopic (exact) mass is 220 g/mol. The lowest BCUT2D eigenvalue weighted by molar-refractivity contribution is -0.109. The van der Waals surface area contributed by atoms with Gasteiger partial charge < -0.3 is 19.7 Å². The Balaban J connectivity index is 2.23. The minimum atomic E-state index is -0.0825. The van der Waals surface area contributed by atoms with Gasteiger partial charge in [-0.3, -0.25) is 0 Å². The highest BCUT2D eigenvalue weighted by atomic mass is 16.5. The molecule has 1 aromatic rings. The van der Waals surface area contributed by atoms with Gasteiger partial charge in [-0.2, -0.15) is 0 Å². The van der Waals surface area contributed by atoms with Crippen LogP contribution in [0.4, 0.5) is 5.69 Å². The summed E-state index contributed by atoms with van der Waals surface area (Å²) in [6.07, 6.45) is 0.992. The maximum absolute atomic E-state index is 11.0. The molecule has 1 fully saturated rings. The Kier molecular flexibility index (Phi) is 3.41. The quantitative estimate of drug-likeness (QED) is 0.760. The zero-order valence-electron chi connectivity index (χ0n) is 9.35. The van der Waals surface area contributed by atoms with Crippen LogP contribution in [0.3, 0.4) is 0 Å². The number of methoxy groups -OCH3 is 1. The van der Waals surface area contributed by atoms with Crippen molar-refractivity contribution in [2.75, 3.05) is 31.6 Å². The van der Waals surface area contributed by atoms with Gasteiger partial charge in [0, 0.05) is 31.4 Å². The topological polar surface area (TPSA) is 41.6 Å². The van der Waals surface area contributed by atoms with E-state index in [0.717, 1.165) is 30.8 Å². The Hall–Kier alpha value is -1.55. The van der Waals surface area contributed by atoms with Crippen molar-refractivity contribution in [1.82, 2.24) is 5.32 Å². The molecule has 4 nitrogen and oxygen atoms in total. The highest BCUT2D eigenvalue weighted by Crippen LogP contribution is 2.22. The summed E-state index contributed by atoms with van der Waals surface area (Å²) in [6.45, 7) is 2.46. The summed E-state index contributed by atoms with van der Waals surface area (Å²) in [5, 5.41) is 3.21. The average Bonchev–Trinajstić information content (AvgIpc) is 2.38. The molecule has 0 aliphatic carbocycles. The number of benzene rings is 1. The molecule has 1 aromatic carbocycles. The molecule has 0 aromatic heterocycles. The molecule has 0 bridgehead atoms. The minimum Gasteiger partial charge on any atom is -0.497 e. The van der Waals surface area contributed by atoms with Gasteiger partial charge in [0.05, 0.1) is 13.2 Å². The van der Waals surface area contributed by atoms with E-state index in [4.69, 9.17) is 4.74 Å². The van der Waals surface area contributed by atoms with Crippen molar-refractivity contribution in [3.05, 3.63) is 24.3 Å². The summed E-state index contributed by atoms with van der Waals surface area (Å²) in [5.41, 5.74) is 1.04. The Morgan fingerprint density at radius 3 is 3.19 bits per heavy atom. The number of nitrogens with zero attached hydrogens (tertiary/aromatic N) is 1. The average molecular weight is 220 g/mol. The largest absolute Gasteiger partial charge is 0.497 e. The van der Waals surface area contributed by atoms with E-state index in [1.165, 1.54) is 0 Å². The first kappa shape index (κ1) is 11.0. The predicted octanol–water partition coefficient (Wildman–Crippen LogP) is 0.672. The van der Waals surface area contributed by atoms with Gasteiger partial charge in [-0.1, -0.05) is 6.07 Å². The molecule has 4 heteroatoms. The number of hydrogen-bond acceptors (Lipinski definition) is 4. The first-order valence-electron chi connectivity index (χ1n) is 5.42. The van der Waals surface area contributed by atoms with Crippen LogP contribution in [0.2, 0.25) is 0 Å². The lowest BCUT2D eigenvalue weighted by Gasteiger charge is -2.34. The highest BCUT2D eigenvalue weighted by molar-refractivity contribution is 5.67. The maximum Gasteiger partial charge on any atom is 0.143 e. The molecule has 1 unspecified atom stereocenters. The van der Waals surface area contributed by atoms with Crippen LogP contribution < -0.4 is 15.0 Å². The lowest BCUT2D eigenvalue weighted by Crippen LogP contribution is -2.52. The van der Waals surface area contributed by atoms with Crippen LogP contribution in [0, 0.1) is 0 Å². The fourth-order valence-electron chi connectivity index (χ4n) is 1.96. The number of ether oxygens (including phenoxy) is 1. The molecule has 86 valence electrons. The van der Waals surface area contributed by atoms with E-state index in [9.17, 15) is 4.79 Å². The van der Waals surface area contributed by atoms with Gasteiger partial charge in [0.25, 0.3) is 0 Å². The smallest absolute Gasteiger partial charge is 0.143 e. The van der Waals surface area contributed by atoms with Gasteiger partial charge >= 0.3 is 0 Å². The van der Waals surface area contributed by atoms with Crippen LogP contribution in [-0.2, 0) is 4.79 Å². The summed E-state index contributed by atoms with van der Waals surface area (Å²) in [7, 11) is 1.65. The Morgan fingerprint density at radius 2 is 2.44 bits per heavy atom. The molecule has 1 saturated heterocycles. The van der Waals surface area contributed by atoms with Crippen molar-refractivity contribution in [1.29, 1.82) is 0 Å². The fourth-order valence-corrected chi connectivity index (χ4v) is 1.96. The second kappa shape index (κ2) is 4.99.